The van der Waals surface area contributed by atoms with Gasteiger partial charge in [-0.15, -0.1) is 11.3 Å². The van der Waals surface area contributed by atoms with Gasteiger partial charge in [0.15, 0.2) is 0 Å². The number of aliphatic hydroxyl groups is 1. The van der Waals surface area contributed by atoms with Crippen LogP contribution in [0.15, 0.2) is 0 Å². The zero-order chi connectivity index (χ0) is 9.84. The molecule has 1 aromatic heterocycles. The van der Waals surface area contributed by atoms with E-state index in [0.29, 0.717) is 6.61 Å². The second kappa shape index (κ2) is 4.69. The minimum absolute atomic E-state index is 0.409. The first-order valence-electron chi connectivity index (χ1n) is 4.28. The van der Waals surface area contributed by atoms with E-state index in [0.717, 1.165) is 22.0 Å². The average molecular weight is 201 g/mol. The molecule has 3 nitrogen and oxygen atoms in total. The van der Waals surface area contributed by atoms with Crippen LogP contribution in [0.1, 0.15) is 28.6 Å². The maximum atomic E-state index is 9.38. The summed E-state index contributed by atoms with van der Waals surface area (Å²) in [6.07, 6.45) is 0.420. The number of methoxy groups -OCH3 is 1. The minimum atomic E-state index is -0.409. The summed E-state index contributed by atoms with van der Waals surface area (Å²) < 4.78 is 4.96. The summed E-state index contributed by atoms with van der Waals surface area (Å²) in [6.45, 7) is 4.38. The van der Waals surface area contributed by atoms with Gasteiger partial charge in [-0.2, -0.15) is 0 Å². The van der Waals surface area contributed by atoms with Gasteiger partial charge in [-0.3, -0.25) is 0 Å². The van der Waals surface area contributed by atoms with Crippen molar-refractivity contribution in [2.24, 2.45) is 0 Å². The number of thiazole rings is 1. The average Bonchev–Trinajstić information content (AvgIpc) is 2.43. The molecule has 1 aromatic rings. The maximum Gasteiger partial charge on any atom is 0.0954 e. The molecule has 0 radical (unpaired) electrons. The van der Waals surface area contributed by atoms with Gasteiger partial charge in [0, 0.05) is 13.5 Å². The molecular formula is C9H15NO2S. The first-order chi connectivity index (χ1) is 6.15. The lowest BCUT2D eigenvalue weighted by Crippen LogP contribution is -1.93. The van der Waals surface area contributed by atoms with Crippen molar-refractivity contribution in [3.05, 3.63) is 15.6 Å². The summed E-state index contributed by atoms with van der Waals surface area (Å²) in [5, 5.41) is 10.4. The highest BCUT2D eigenvalue weighted by atomic mass is 32.1. The number of rotatable bonds is 4. The molecule has 0 spiro atoms. The van der Waals surface area contributed by atoms with Crippen LogP contribution in [0, 0.1) is 6.92 Å². The number of aromatic nitrogens is 1. The van der Waals surface area contributed by atoms with Gasteiger partial charge >= 0.3 is 0 Å². The van der Waals surface area contributed by atoms with Crippen LogP contribution in [0.2, 0.25) is 0 Å². The third-order valence-electron chi connectivity index (χ3n) is 1.78. The number of ether oxygens (including phenoxy) is 1. The number of aryl methyl sites for hydroxylation is 1. The summed E-state index contributed by atoms with van der Waals surface area (Å²) in [7, 11) is 1.68. The van der Waals surface area contributed by atoms with Crippen LogP contribution < -0.4 is 0 Å². The lowest BCUT2D eigenvalue weighted by atomic mass is 10.3. The van der Waals surface area contributed by atoms with Crippen LogP contribution in [0.4, 0.5) is 0 Å². The van der Waals surface area contributed by atoms with Gasteiger partial charge in [0.25, 0.3) is 0 Å². The van der Waals surface area contributed by atoms with Crippen molar-refractivity contribution in [1.29, 1.82) is 0 Å². The monoisotopic (exact) mass is 201 g/mol. The van der Waals surface area contributed by atoms with Gasteiger partial charge in [-0.25, -0.2) is 4.98 Å². The van der Waals surface area contributed by atoms with E-state index in [1.165, 1.54) is 0 Å². The van der Waals surface area contributed by atoms with Gasteiger partial charge in [0.1, 0.15) is 0 Å². The highest BCUT2D eigenvalue weighted by Crippen LogP contribution is 2.24. The van der Waals surface area contributed by atoms with E-state index < -0.39 is 6.10 Å². The number of hydrogen-bond acceptors (Lipinski definition) is 4. The van der Waals surface area contributed by atoms with Crippen molar-refractivity contribution in [2.75, 3.05) is 13.7 Å². The summed E-state index contributed by atoms with van der Waals surface area (Å²) in [5.41, 5.74) is 0.936. The molecular weight excluding hydrogens is 186 g/mol. The van der Waals surface area contributed by atoms with Crippen molar-refractivity contribution in [3.8, 4) is 0 Å². The Balaban J connectivity index is 2.71. The second-order valence-electron chi connectivity index (χ2n) is 2.98. The van der Waals surface area contributed by atoms with E-state index in [4.69, 9.17) is 4.74 Å². The zero-order valence-corrected chi connectivity index (χ0v) is 9.02. The van der Waals surface area contributed by atoms with Crippen molar-refractivity contribution in [2.45, 2.75) is 26.4 Å². The topological polar surface area (TPSA) is 42.4 Å². The van der Waals surface area contributed by atoms with E-state index in [-0.39, 0.29) is 0 Å². The van der Waals surface area contributed by atoms with Crippen molar-refractivity contribution in [3.63, 3.8) is 0 Å². The van der Waals surface area contributed by atoms with Crippen LogP contribution in [0.5, 0.6) is 0 Å². The molecule has 1 rings (SSSR count). The Labute approximate surface area is 82.4 Å². The van der Waals surface area contributed by atoms with Crippen LogP contribution in [-0.2, 0) is 11.2 Å². The second-order valence-corrected chi connectivity index (χ2v) is 4.09. The molecule has 13 heavy (non-hydrogen) atoms. The molecule has 0 aliphatic rings. The van der Waals surface area contributed by atoms with Crippen LogP contribution >= 0.6 is 11.3 Å². The largest absolute Gasteiger partial charge is 0.388 e. The third-order valence-corrected chi connectivity index (χ3v) is 3.16. The Morgan fingerprint density at radius 3 is 2.77 bits per heavy atom. The highest BCUT2D eigenvalue weighted by molar-refractivity contribution is 7.11. The first kappa shape index (κ1) is 10.6. The Morgan fingerprint density at radius 1 is 1.62 bits per heavy atom. The molecule has 0 aliphatic carbocycles. The van der Waals surface area contributed by atoms with Crippen LogP contribution in [-0.4, -0.2) is 23.8 Å². The SMILES string of the molecule is COCCc1nc(C)c(C(C)O)s1. The van der Waals surface area contributed by atoms with Crippen molar-refractivity contribution < 1.29 is 9.84 Å². The normalized spacial score (nSPS) is 13.2. The summed E-state index contributed by atoms with van der Waals surface area (Å²) in [6, 6.07) is 0. The van der Waals surface area contributed by atoms with Gasteiger partial charge in [0.2, 0.25) is 0 Å². The molecule has 74 valence electrons. The molecule has 1 unspecified atom stereocenters. The van der Waals surface area contributed by atoms with Crippen molar-refractivity contribution in [1.82, 2.24) is 4.98 Å². The molecule has 0 amide bonds. The predicted molar refractivity (Wildman–Crippen MR) is 53.1 cm³/mol. The maximum absolute atomic E-state index is 9.38. The first-order valence-corrected chi connectivity index (χ1v) is 5.10. The Bertz CT molecular complexity index is 271. The van der Waals surface area contributed by atoms with E-state index in [1.54, 1.807) is 25.4 Å². The van der Waals surface area contributed by atoms with E-state index in [2.05, 4.69) is 4.98 Å². The number of aliphatic hydroxyl groups excluding tert-OH is 1. The van der Waals surface area contributed by atoms with Gasteiger partial charge in [-0.05, 0) is 13.8 Å². The molecule has 0 saturated heterocycles. The zero-order valence-electron chi connectivity index (χ0n) is 8.20. The summed E-state index contributed by atoms with van der Waals surface area (Å²) in [4.78, 5) is 5.31. The Morgan fingerprint density at radius 2 is 2.31 bits per heavy atom. The quantitative estimate of drug-likeness (QED) is 0.806. The molecule has 0 aliphatic heterocycles. The molecule has 0 aromatic carbocycles. The fourth-order valence-corrected chi connectivity index (χ4v) is 2.14. The fourth-order valence-electron chi connectivity index (χ4n) is 1.15. The minimum Gasteiger partial charge on any atom is -0.388 e. The van der Waals surface area contributed by atoms with Crippen LogP contribution in [0.3, 0.4) is 0 Å². The van der Waals surface area contributed by atoms with Gasteiger partial charge in [0.05, 0.1) is 28.3 Å². The molecule has 1 heterocycles. The van der Waals surface area contributed by atoms with E-state index in [9.17, 15) is 5.11 Å². The molecule has 0 fully saturated rings. The third kappa shape index (κ3) is 2.76. The lowest BCUT2D eigenvalue weighted by Gasteiger charge is -1.98. The van der Waals surface area contributed by atoms with Crippen molar-refractivity contribution >= 4 is 11.3 Å². The standard InChI is InChI=1S/C9H15NO2S/c1-6-9(7(2)11)13-8(10-6)4-5-12-3/h7,11H,4-5H2,1-3H3. The fraction of sp³-hybridized carbons (Fsp3) is 0.667. The molecule has 4 heteroatoms. The molecule has 1 N–H and O–H groups in total. The molecule has 0 bridgehead atoms. The van der Waals surface area contributed by atoms with E-state index in [1.807, 2.05) is 6.92 Å². The highest BCUT2D eigenvalue weighted by Gasteiger charge is 2.11. The lowest BCUT2D eigenvalue weighted by molar-refractivity contribution is 0.202. The van der Waals surface area contributed by atoms with E-state index >= 15 is 0 Å². The Kier molecular flexibility index (Phi) is 3.84. The number of nitrogens with zero attached hydrogens (tertiary/aromatic N) is 1. The Hall–Kier alpha value is -0.450. The molecule has 1 atom stereocenters. The smallest absolute Gasteiger partial charge is 0.0954 e. The summed E-state index contributed by atoms with van der Waals surface area (Å²) in [5.74, 6) is 0. The summed E-state index contributed by atoms with van der Waals surface area (Å²) >= 11 is 1.57. The predicted octanol–water partition coefficient (Wildman–Crippen LogP) is 1.69. The molecule has 0 saturated carbocycles. The number of hydrogen-bond donors (Lipinski definition) is 1. The van der Waals surface area contributed by atoms with Gasteiger partial charge < -0.3 is 9.84 Å². The van der Waals surface area contributed by atoms with Gasteiger partial charge in [-0.1, -0.05) is 0 Å². The van der Waals surface area contributed by atoms with Crippen LogP contribution in [0.25, 0.3) is 0 Å².